The third-order valence-corrected chi connectivity index (χ3v) is 23.1. The molecule has 0 bridgehead atoms. The Kier molecular flexibility index (Phi) is 22.2. The molecule has 107 heavy (non-hydrogen) atoms. The Bertz CT molecular complexity index is 5420. The van der Waals surface area contributed by atoms with Gasteiger partial charge in [-0.15, -0.1) is 56.7 Å². The van der Waals surface area contributed by atoms with Crippen molar-refractivity contribution in [2.45, 2.75) is 26.4 Å². The number of hydrogen-bond donors (Lipinski definition) is 3. The van der Waals surface area contributed by atoms with E-state index in [1.807, 2.05) is 69.4 Å². The number of pyridine rings is 5. The van der Waals surface area contributed by atoms with Gasteiger partial charge < -0.3 is 72.7 Å². The molecule has 0 spiro atoms. The number of carboxylic acids is 1. The van der Waals surface area contributed by atoms with Gasteiger partial charge in [0.2, 0.25) is 5.78 Å². The van der Waals surface area contributed by atoms with Gasteiger partial charge >= 0.3 is 12.1 Å². The van der Waals surface area contributed by atoms with Crippen molar-refractivity contribution >= 4 is 184 Å². The van der Waals surface area contributed by atoms with Crippen molar-refractivity contribution in [2.75, 3.05) is 130 Å². The maximum absolute atomic E-state index is 12.5. The zero-order valence-corrected chi connectivity index (χ0v) is 64.1. The number of nitrogens with two attached hydrogens (primary N) is 1. The van der Waals surface area contributed by atoms with E-state index in [0.29, 0.717) is 57.0 Å². The third kappa shape index (κ3) is 14.6. The van der Waals surface area contributed by atoms with Gasteiger partial charge in [0.25, 0.3) is 0 Å². The highest BCUT2D eigenvalue weighted by Gasteiger charge is 2.34. The molecule has 1 aliphatic carbocycles. The first-order valence-electron chi connectivity index (χ1n) is 33.3. The van der Waals surface area contributed by atoms with Crippen molar-refractivity contribution in [1.82, 2.24) is 24.9 Å². The Labute approximate surface area is 632 Å². The zero-order valence-electron chi connectivity index (χ0n) is 60.0. The molecule has 552 valence electrons. The number of aromatic carboxylic acids is 1. The molecule has 0 atom stereocenters. The van der Waals surface area contributed by atoms with E-state index < -0.39 is 17.7 Å². The van der Waals surface area contributed by atoms with Crippen molar-refractivity contribution < 1.29 is 76.4 Å². The normalized spacial score (nSPS) is 13.3. The predicted molar refractivity (Wildman–Crippen MR) is 424 cm³/mol. The number of ether oxygens (including phenoxy) is 11. The van der Waals surface area contributed by atoms with Gasteiger partial charge in [-0.25, -0.2) is 9.59 Å². The average molecular weight is 1540 g/mol. The summed E-state index contributed by atoms with van der Waals surface area (Å²) in [7, 11) is 13.1. The van der Waals surface area contributed by atoms with Crippen molar-refractivity contribution in [3.05, 3.63) is 149 Å². The van der Waals surface area contributed by atoms with Crippen LogP contribution in [-0.2, 0) is 14.2 Å². The number of thiophene rings is 5. The van der Waals surface area contributed by atoms with Crippen LogP contribution in [-0.4, -0.2) is 169 Å². The topological polar surface area (TPSA) is 299 Å². The van der Waals surface area contributed by atoms with Gasteiger partial charge in [0.05, 0.1) is 133 Å². The first-order valence-corrected chi connectivity index (χ1v) is 37.4. The molecule has 2 aliphatic heterocycles. The second-order valence-corrected chi connectivity index (χ2v) is 30.2. The smallest absolute Gasteiger partial charge is 0.412 e. The number of carbonyl (C=O) groups excluding carboxylic acids is 3. The minimum Gasteiger partial charge on any atom is -0.495 e. The van der Waals surface area contributed by atoms with E-state index in [1.165, 1.54) is 56.5 Å². The highest BCUT2D eigenvalue weighted by Crippen LogP contribution is 2.52. The first kappa shape index (κ1) is 74.3. The molecule has 3 aliphatic rings. The molecule has 4 aromatic carbocycles. The van der Waals surface area contributed by atoms with Crippen LogP contribution in [0.3, 0.4) is 0 Å². The van der Waals surface area contributed by atoms with E-state index in [9.17, 15) is 19.2 Å². The molecular formula is C77H73N9O16S5. The number of methoxy groups -OCH3 is 8. The monoisotopic (exact) mass is 1540 g/mol. The van der Waals surface area contributed by atoms with Crippen molar-refractivity contribution in [2.24, 2.45) is 0 Å². The SMILES string of the molecule is COc1c2cnccc2c(OC)c2sc(C(=O)O)cc12.COc1c2cnccc2c(OC)c2sc(N)cc12.COc1c2cnccc2c(OC)c2sc(N3CCOCC3)cc12.COc1c2cnccc2c(OC)c2sc(NC(=O)OC(C)(C)C)cc12.O=C1c2cnccc2C(=O)c2sc(N3CCOCC3)cc21. The number of rotatable bonds is 12. The Morgan fingerprint density at radius 1 is 0.439 bits per heavy atom. The minimum atomic E-state index is -0.961. The number of fused-ring (bicyclic) bond motifs is 10. The molecule has 0 radical (unpaired) electrons. The standard InChI is InChI=1S/C18H20N2O4S.C17H18N2O3S.C15H12N2O3S.C14H11NO4S.C13H12N2O2S/c1-18(2,3)24-17(21)20-13-8-11-14(22-4)12-9-19-7-6-10(12)15(23-5)16(11)25-13;1-20-15-12-9-14(19-5-7-22-8-6-19)23-17(12)16(21-2)11-3-4-18-10-13(11)15;18-13-10-7-12(17-3-5-20-6-4-17)21-15(10)14(19)9-1-2-16-8-11(9)13;1-18-11-8-5-10(14(16)17)20-13(8)12(19-2)7-3-4-15-6-9(7)11;1-16-11-8-5-10(14)18-13(8)12(17-2)7-3-4-15-6-9(7)11/h6-9H,1-5H3,(H,20,21);3-4,9-10H,5-8H2,1-2H3;1-2,7-8H,3-6H2;3-6H,1-2H3,(H,16,17);3-6H,14H2,1-2H3. The summed E-state index contributed by atoms with van der Waals surface area (Å²) in [6.45, 7) is 11.8. The highest BCUT2D eigenvalue weighted by molar-refractivity contribution is 7.24. The van der Waals surface area contributed by atoms with E-state index in [4.69, 9.17) is 62.9 Å². The summed E-state index contributed by atoms with van der Waals surface area (Å²) in [5.74, 6) is 4.92. The van der Waals surface area contributed by atoms with E-state index in [-0.39, 0.29) is 16.4 Å². The molecule has 14 aromatic rings. The third-order valence-electron chi connectivity index (χ3n) is 17.6. The fourth-order valence-electron chi connectivity index (χ4n) is 13.0. The zero-order chi connectivity index (χ0) is 75.4. The summed E-state index contributed by atoms with van der Waals surface area (Å²) in [4.78, 5) is 74.2. The molecule has 0 unspecified atom stereocenters. The van der Waals surface area contributed by atoms with Crippen LogP contribution in [0, 0.1) is 0 Å². The fourth-order valence-corrected chi connectivity index (χ4v) is 18.5. The molecule has 25 nitrogen and oxygen atoms in total. The number of anilines is 4. The van der Waals surface area contributed by atoms with Crippen LogP contribution < -0.4 is 58.7 Å². The van der Waals surface area contributed by atoms with Crippen LogP contribution in [0.15, 0.2) is 123 Å². The lowest BCUT2D eigenvalue weighted by molar-refractivity contribution is 0.0634. The number of carbonyl (C=O) groups is 4. The molecule has 1 amide bonds. The predicted octanol–water partition coefficient (Wildman–Crippen LogP) is 16.1. The van der Waals surface area contributed by atoms with E-state index in [2.05, 4.69) is 46.1 Å². The van der Waals surface area contributed by atoms with Gasteiger partial charge in [-0.2, -0.15) is 0 Å². The molecule has 0 saturated carbocycles. The van der Waals surface area contributed by atoms with Crippen LogP contribution in [0.25, 0.3) is 83.4 Å². The van der Waals surface area contributed by atoms with Crippen LogP contribution in [0.1, 0.15) is 61.6 Å². The highest BCUT2D eigenvalue weighted by atomic mass is 32.1. The summed E-state index contributed by atoms with van der Waals surface area (Å²) >= 11 is 7.23. The van der Waals surface area contributed by atoms with Gasteiger partial charge in [-0.3, -0.25) is 39.8 Å². The van der Waals surface area contributed by atoms with Crippen molar-refractivity contribution in [3.8, 4) is 46.0 Å². The maximum Gasteiger partial charge on any atom is 0.412 e. The maximum atomic E-state index is 12.5. The summed E-state index contributed by atoms with van der Waals surface area (Å²) in [5.41, 5.74) is 6.70. The van der Waals surface area contributed by atoms with Crippen molar-refractivity contribution in [3.63, 3.8) is 0 Å². The molecular weight excluding hydrogens is 1470 g/mol. The summed E-state index contributed by atoms with van der Waals surface area (Å²) < 4.78 is 64.5. The van der Waals surface area contributed by atoms with E-state index in [0.717, 1.165) is 162 Å². The van der Waals surface area contributed by atoms with Gasteiger partial charge in [0.1, 0.15) is 56.5 Å². The largest absolute Gasteiger partial charge is 0.495 e. The Hall–Kier alpha value is -11.0. The molecule has 2 saturated heterocycles. The number of ketones is 2. The lowest BCUT2D eigenvalue weighted by Crippen LogP contribution is -2.35. The van der Waals surface area contributed by atoms with Gasteiger partial charge in [-0.05, 0) is 81.4 Å². The quantitative estimate of drug-likeness (QED) is 0.102. The van der Waals surface area contributed by atoms with Crippen LogP contribution in [0.4, 0.5) is 24.8 Å². The fraction of sp³-hybridized carbons (Fsp3) is 0.260. The summed E-state index contributed by atoms with van der Waals surface area (Å²) in [5, 5.41) is 26.5. The molecule has 10 aromatic heterocycles. The van der Waals surface area contributed by atoms with Crippen molar-refractivity contribution in [1.29, 1.82) is 0 Å². The Morgan fingerprint density at radius 3 is 1.28 bits per heavy atom. The molecule has 4 N–H and O–H groups in total. The second kappa shape index (κ2) is 32.0. The number of hydrogen-bond acceptors (Lipinski definition) is 28. The van der Waals surface area contributed by atoms with Gasteiger partial charge in [0.15, 0.2) is 5.78 Å². The number of nitrogens with zero attached hydrogens (tertiary/aromatic N) is 7. The molecule has 2 fully saturated rings. The minimum absolute atomic E-state index is 0.0773. The van der Waals surface area contributed by atoms with Crippen LogP contribution >= 0.6 is 56.7 Å². The molecule has 17 rings (SSSR count). The van der Waals surface area contributed by atoms with Crippen LogP contribution in [0.5, 0.6) is 46.0 Å². The summed E-state index contributed by atoms with van der Waals surface area (Å²) in [6, 6.07) is 18.6. The Morgan fingerprint density at radius 2 is 0.832 bits per heavy atom. The lowest BCUT2D eigenvalue weighted by Gasteiger charge is -2.27. The Balaban J connectivity index is 0.000000119. The van der Waals surface area contributed by atoms with E-state index in [1.54, 1.807) is 130 Å². The lowest BCUT2D eigenvalue weighted by atomic mass is 9.91. The number of nitrogen functional groups attached to an aromatic ring is 1. The first-order chi connectivity index (χ1) is 51.8. The number of carboxylic acid groups (broad SMARTS) is 1. The molecule has 30 heteroatoms. The number of nitrogens with one attached hydrogen (secondary N) is 1. The number of amides is 1. The van der Waals surface area contributed by atoms with E-state index >= 15 is 0 Å². The number of aromatic nitrogens is 5. The summed E-state index contributed by atoms with van der Waals surface area (Å²) in [6.07, 6.45) is 16.5. The second-order valence-electron chi connectivity index (χ2n) is 24.9. The number of morpholine rings is 2. The van der Waals surface area contributed by atoms with Gasteiger partial charge in [-0.1, -0.05) is 0 Å². The molecule has 12 heterocycles. The number of benzene rings is 4. The van der Waals surface area contributed by atoms with Crippen LogP contribution in [0.2, 0.25) is 0 Å². The average Bonchev–Trinajstić information content (AvgIpc) is 1.82. The van der Waals surface area contributed by atoms with Gasteiger partial charge in [0, 0.05) is 164 Å².